The minimum Gasteiger partial charge on any atom is -0.492 e. The molecule has 0 saturated heterocycles. The molecule has 2 rings (SSSR count). The Kier molecular flexibility index (Phi) is 6.03. The lowest BCUT2D eigenvalue weighted by atomic mass is 9.75. The molecule has 0 fully saturated rings. The quantitative estimate of drug-likeness (QED) is 0.810. The van der Waals surface area contributed by atoms with E-state index in [0.29, 0.717) is 25.6 Å². The molecule has 0 bridgehead atoms. The molecule has 4 N–H and O–H groups in total. The van der Waals surface area contributed by atoms with E-state index in [1.54, 1.807) is 0 Å². The normalized spacial score (nSPS) is 11.8. The van der Waals surface area contributed by atoms with Crippen LogP contribution in [0.3, 0.4) is 0 Å². The SMILES string of the molecule is CC(C)c1ccc(C(C)(C)c2cccc(OCCN)c2)c(CN)c1. The highest BCUT2D eigenvalue weighted by Crippen LogP contribution is 2.36. The van der Waals surface area contributed by atoms with E-state index in [0.717, 1.165) is 5.75 Å². The van der Waals surface area contributed by atoms with Crippen LogP contribution in [-0.4, -0.2) is 13.2 Å². The Morgan fingerprint density at radius 3 is 2.42 bits per heavy atom. The van der Waals surface area contributed by atoms with E-state index in [9.17, 15) is 0 Å². The van der Waals surface area contributed by atoms with Crippen LogP contribution in [0.5, 0.6) is 5.75 Å². The highest BCUT2D eigenvalue weighted by Gasteiger charge is 2.26. The van der Waals surface area contributed by atoms with E-state index in [1.165, 1.54) is 22.3 Å². The van der Waals surface area contributed by atoms with Gasteiger partial charge in [-0.3, -0.25) is 0 Å². The fourth-order valence-corrected chi connectivity index (χ4v) is 3.06. The van der Waals surface area contributed by atoms with Crippen LogP contribution < -0.4 is 16.2 Å². The molecule has 0 saturated carbocycles. The first-order chi connectivity index (χ1) is 11.4. The first-order valence-corrected chi connectivity index (χ1v) is 8.67. The van der Waals surface area contributed by atoms with E-state index >= 15 is 0 Å². The van der Waals surface area contributed by atoms with Crippen LogP contribution in [0.1, 0.15) is 55.9 Å². The number of nitrogens with two attached hydrogens (primary N) is 2. The summed E-state index contributed by atoms with van der Waals surface area (Å²) in [5.74, 6) is 1.36. The van der Waals surface area contributed by atoms with Gasteiger partial charge in [-0.25, -0.2) is 0 Å². The number of benzene rings is 2. The van der Waals surface area contributed by atoms with Gasteiger partial charge < -0.3 is 16.2 Å². The second kappa shape index (κ2) is 7.82. The van der Waals surface area contributed by atoms with E-state index in [2.05, 4.69) is 58.0 Å². The molecule has 0 unspecified atom stereocenters. The van der Waals surface area contributed by atoms with Crippen LogP contribution in [0.4, 0.5) is 0 Å². The molecule has 2 aromatic rings. The van der Waals surface area contributed by atoms with Gasteiger partial charge in [0.25, 0.3) is 0 Å². The molecule has 0 aliphatic heterocycles. The number of ether oxygens (including phenoxy) is 1. The lowest BCUT2D eigenvalue weighted by Crippen LogP contribution is -2.22. The molecule has 3 heteroatoms. The molecule has 0 atom stereocenters. The van der Waals surface area contributed by atoms with E-state index in [1.807, 2.05) is 12.1 Å². The van der Waals surface area contributed by atoms with E-state index in [4.69, 9.17) is 16.2 Å². The maximum absolute atomic E-state index is 6.05. The van der Waals surface area contributed by atoms with Gasteiger partial charge in [0.1, 0.15) is 12.4 Å². The third kappa shape index (κ3) is 3.97. The first kappa shape index (κ1) is 18.5. The van der Waals surface area contributed by atoms with Crippen molar-refractivity contribution in [1.82, 2.24) is 0 Å². The summed E-state index contributed by atoms with van der Waals surface area (Å²) in [5, 5.41) is 0. The van der Waals surface area contributed by atoms with Crippen molar-refractivity contribution in [2.45, 2.75) is 45.6 Å². The van der Waals surface area contributed by atoms with Crippen LogP contribution in [-0.2, 0) is 12.0 Å². The summed E-state index contributed by atoms with van der Waals surface area (Å²) in [6.07, 6.45) is 0. The summed E-state index contributed by atoms with van der Waals surface area (Å²) in [6, 6.07) is 14.9. The van der Waals surface area contributed by atoms with Gasteiger partial charge in [0, 0.05) is 18.5 Å². The molecule has 2 aromatic carbocycles. The summed E-state index contributed by atoms with van der Waals surface area (Å²) in [4.78, 5) is 0. The smallest absolute Gasteiger partial charge is 0.119 e. The Morgan fingerprint density at radius 2 is 1.79 bits per heavy atom. The highest BCUT2D eigenvalue weighted by atomic mass is 16.5. The van der Waals surface area contributed by atoms with Gasteiger partial charge in [0.05, 0.1) is 0 Å². The van der Waals surface area contributed by atoms with Crippen molar-refractivity contribution in [3.63, 3.8) is 0 Å². The maximum atomic E-state index is 6.05. The maximum Gasteiger partial charge on any atom is 0.119 e. The Hall–Kier alpha value is -1.84. The van der Waals surface area contributed by atoms with Crippen molar-refractivity contribution in [2.24, 2.45) is 11.5 Å². The molecule has 24 heavy (non-hydrogen) atoms. The Balaban J connectivity index is 2.42. The van der Waals surface area contributed by atoms with Gasteiger partial charge >= 0.3 is 0 Å². The zero-order chi connectivity index (χ0) is 17.7. The Labute approximate surface area is 146 Å². The molecule has 0 aromatic heterocycles. The summed E-state index contributed by atoms with van der Waals surface area (Å²) >= 11 is 0. The van der Waals surface area contributed by atoms with Gasteiger partial charge in [-0.2, -0.15) is 0 Å². The average molecular weight is 326 g/mol. The van der Waals surface area contributed by atoms with Crippen molar-refractivity contribution in [3.05, 3.63) is 64.7 Å². The summed E-state index contributed by atoms with van der Waals surface area (Å²) in [6.45, 7) is 10.5. The number of hydrogen-bond donors (Lipinski definition) is 2. The molecule has 0 amide bonds. The lowest BCUT2D eigenvalue weighted by molar-refractivity contribution is 0.327. The Bertz CT molecular complexity index is 677. The van der Waals surface area contributed by atoms with Crippen molar-refractivity contribution in [1.29, 1.82) is 0 Å². The predicted octanol–water partition coefficient (Wildman–Crippen LogP) is 3.93. The van der Waals surface area contributed by atoms with E-state index < -0.39 is 0 Å². The standard InChI is InChI=1S/C21H30N2O/c1-15(2)16-8-9-20(17(12-16)14-23)21(3,4)18-6-5-7-19(13-18)24-11-10-22/h5-9,12-13,15H,10-11,14,22-23H2,1-4H3. The van der Waals surface area contributed by atoms with Crippen molar-refractivity contribution in [3.8, 4) is 5.75 Å². The molecule has 0 aliphatic carbocycles. The monoisotopic (exact) mass is 326 g/mol. The van der Waals surface area contributed by atoms with E-state index in [-0.39, 0.29) is 5.41 Å². The first-order valence-electron chi connectivity index (χ1n) is 8.67. The highest BCUT2D eigenvalue weighted by molar-refractivity contribution is 5.46. The van der Waals surface area contributed by atoms with Gasteiger partial charge in [-0.1, -0.05) is 58.0 Å². The third-order valence-electron chi connectivity index (χ3n) is 4.63. The Morgan fingerprint density at radius 1 is 1.04 bits per heavy atom. The van der Waals surface area contributed by atoms with Crippen LogP contribution in [0.15, 0.2) is 42.5 Å². The minimum atomic E-state index is -0.147. The second-order valence-corrected chi connectivity index (χ2v) is 7.07. The molecular weight excluding hydrogens is 296 g/mol. The summed E-state index contributed by atoms with van der Waals surface area (Å²) < 4.78 is 5.68. The molecule has 0 spiro atoms. The average Bonchev–Trinajstić information content (AvgIpc) is 2.59. The summed E-state index contributed by atoms with van der Waals surface area (Å²) in [7, 11) is 0. The second-order valence-electron chi connectivity index (χ2n) is 7.07. The molecule has 0 radical (unpaired) electrons. The van der Waals surface area contributed by atoms with Crippen LogP contribution in [0, 0.1) is 0 Å². The third-order valence-corrected chi connectivity index (χ3v) is 4.63. The van der Waals surface area contributed by atoms with Crippen LogP contribution >= 0.6 is 0 Å². The van der Waals surface area contributed by atoms with Crippen LogP contribution in [0.25, 0.3) is 0 Å². The summed E-state index contributed by atoms with van der Waals surface area (Å²) in [5.41, 5.74) is 16.5. The van der Waals surface area contributed by atoms with Crippen LogP contribution in [0.2, 0.25) is 0 Å². The van der Waals surface area contributed by atoms with Gasteiger partial charge in [0.2, 0.25) is 0 Å². The van der Waals surface area contributed by atoms with Gasteiger partial charge in [-0.05, 0) is 40.3 Å². The molecular formula is C21H30N2O. The van der Waals surface area contributed by atoms with Gasteiger partial charge in [-0.15, -0.1) is 0 Å². The predicted molar refractivity (Wildman–Crippen MR) is 102 cm³/mol. The lowest BCUT2D eigenvalue weighted by Gasteiger charge is -2.29. The number of hydrogen-bond acceptors (Lipinski definition) is 3. The molecule has 130 valence electrons. The topological polar surface area (TPSA) is 61.3 Å². The molecule has 0 heterocycles. The molecule has 3 nitrogen and oxygen atoms in total. The fraction of sp³-hybridized carbons (Fsp3) is 0.429. The number of rotatable bonds is 7. The molecule has 0 aliphatic rings. The largest absolute Gasteiger partial charge is 0.492 e. The fourth-order valence-electron chi connectivity index (χ4n) is 3.06. The minimum absolute atomic E-state index is 0.147. The van der Waals surface area contributed by atoms with Crippen molar-refractivity contribution in [2.75, 3.05) is 13.2 Å². The van der Waals surface area contributed by atoms with Crippen molar-refractivity contribution >= 4 is 0 Å². The zero-order valence-corrected chi connectivity index (χ0v) is 15.3. The zero-order valence-electron chi connectivity index (χ0n) is 15.3. The van der Waals surface area contributed by atoms with Gasteiger partial charge in [0.15, 0.2) is 0 Å². The van der Waals surface area contributed by atoms with Crippen molar-refractivity contribution < 1.29 is 4.74 Å².